The summed E-state index contributed by atoms with van der Waals surface area (Å²) >= 11 is -4.58. The zero-order valence-electron chi connectivity index (χ0n) is 24.0. The minimum atomic E-state index is -2.29. The van der Waals surface area contributed by atoms with Gasteiger partial charge in [-0.1, -0.05) is 0 Å². The molecule has 0 radical (unpaired) electrons. The molecule has 35 heavy (non-hydrogen) atoms. The molecular formula is C29H56Ge2O4. The molecule has 0 aromatic carbocycles. The van der Waals surface area contributed by atoms with Gasteiger partial charge in [-0.2, -0.15) is 0 Å². The van der Waals surface area contributed by atoms with Gasteiger partial charge in [0.25, 0.3) is 0 Å². The molecule has 0 saturated heterocycles. The van der Waals surface area contributed by atoms with Gasteiger partial charge in [0.15, 0.2) is 0 Å². The number of ether oxygens (including phenoxy) is 2. The van der Waals surface area contributed by atoms with Crippen LogP contribution in [-0.4, -0.2) is 61.2 Å². The second-order valence-electron chi connectivity index (χ2n) is 11.5. The Morgan fingerprint density at radius 1 is 0.543 bits per heavy atom. The quantitative estimate of drug-likeness (QED) is 0.132. The van der Waals surface area contributed by atoms with Crippen molar-refractivity contribution in [2.45, 2.75) is 143 Å². The second-order valence-corrected chi connectivity index (χ2v) is 33.2. The average Bonchev–Trinajstić information content (AvgIpc) is 2.91. The molecule has 0 atom stereocenters. The monoisotopic (exact) mass is 616 g/mol. The van der Waals surface area contributed by atoms with Crippen molar-refractivity contribution in [3.63, 3.8) is 0 Å². The normalized spacial score (nSPS) is 26.0. The van der Waals surface area contributed by atoms with Crippen molar-refractivity contribution in [1.29, 1.82) is 0 Å². The Balaban J connectivity index is 1.61. The van der Waals surface area contributed by atoms with E-state index in [0.29, 0.717) is 33.3 Å². The summed E-state index contributed by atoms with van der Waals surface area (Å²) < 4.78 is 13.8. The molecule has 0 aromatic heterocycles. The van der Waals surface area contributed by atoms with E-state index >= 15 is 0 Å². The summed E-state index contributed by atoms with van der Waals surface area (Å²) in [5.74, 6) is 0.640. The van der Waals surface area contributed by atoms with Gasteiger partial charge in [-0.05, 0) is 0 Å². The van der Waals surface area contributed by atoms with Gasteiger partial charge in [-0.25, -0.2) is 0 Å². The molecule has 0 spiro atoms. The van der Waals surface area contributed by atoms with Crippen LogP contribution in [0.15, 0.2) is 0 Å². The van der Waals surface area contributed by atoms with E-state index in [1.54, 1.807) is 0 Å². The van der Waals surface area contributed by atoms with Crippen LogP contribution in [0.1, 0.15) is 99.3 Å². The average molecular weight is 614 g/mol. The van der Waals surface area contributed by atoms with Crippen LogP contribution in [0.2, 0.25) is 31.5 Å². The molecule has 0 amide bonds. The Morgan fingerprint density at radius 3 is 1.09 bits per heavy atom. The van der Waals surface area contributed by atoms with E-state index in [0.717, 1.165) is 103 Å². The Morgan fingerprint density at radius 2 is 0.829 bits per heavy atom. The molecule has 2 rings (SSSR count). The fraction of sp³-hybridized carbons (Fsp3) is 0.931. The van der Waals surface area contributed by atoms with Crippen molar-refractivity contribution in [2.24, 2.45) is 11.8 Å². The molecule has 0 N–H and O–H groups in total. The van der Waals surface area contributed by atoms with Crippen LogP contribution >= 0.6 is 0 Å². The molecule has 4 nitrogen and oxygen atoms in total. The van der Waals surface area contributed by atoms with Crippen molar-refractivity contribution in [3.8, 4) is 0 Å². The minimum absolute atomic E-state index is 0.320. The van der Waals surface area contributed by atoms with Crippen molar-refractivity contribution < 1.29 is 19.1 Å². The first-order valence-corrected chi connectivity index (χ1v) is 26.2. The predicted octanol–water partition coefficient (Wildman–Crippen LogP) is 7.76. The third-order valence-corrected chi connectivity index (χ3v) is 33.3. The Bertz CT molecular complexity index is 558. The van der Waals surface area contributed by atoms with E-state index < -0.39 is 26.5 Å². The molecule has 0 heterocycles. The first-order valence-electron chi connectivity index (χ1n) is 15.2. The second kappa shape index (κ2) is 15.7. The number of hydrogen-bond acceptors (Lipinski definition) is 4. The van der Waals surface area contributed by atoms with Gasteiger partial charge in [0.05, 0.1) is 0 Å². The summed E-state index contributed by atoms with van der Waals surface area (Å²) in [7, 11) is 0. The third-order valence-electron chi connectivity index (χ3n) is 10.2. The third kappa shape index (κ3) is 8.16. The Kier molecular flexibility index (Phi) is 14.1. The molecule has 0 bridgehead atoms. The van der Waals surface area contributed by atoms with E-state index in [1.807, 2.05) is 0 Å². The number of carbonyl (C=O) groups excluding carboxylic acids is 2. The van der Waals surface area contributed by atoms with Gasteiger partial charge >= 0.3 is 223 Å². The van der Waals surface area contributed by atoms with Gasteiger partial charge < -0.3 is 0 Å². The number of rotatable bonds is 16. The van der Waals surface area contributed by atoms with Crippen LogP contribution in [0.4, 0.5) is 0 Å². The maximum absolute atomic E-state index is 13.2. The van der Waals surface area contributed by atoms with E-state index in [-0.39, 0.29) is 0 Å². The maximum atomic E-state index is 13.2. The Labute approximate surface area is 222 Å². The zero-order valence-corrected chi connectivity index (χ0v) is 28.2. The van der Waals surface area contributed by atoms with Gasteiger partial charge in [0.2, 0.25) is 0 Å². The van der Waals surface area contributed by atoms with Crippen molar-refractivity contribution in [3.05, 3.63) is 0 Å². The van der Waals surface area contributed by atoms with Crippen LogP contribution in [0, 0.1) is 11.8 Å². The summed E-state index contributed by atoms with van der Waals surface area (Å²) in [6.07, 6.45) is 9.92. The summed E-state index contributed by atoms with van der Waals surface area (Å²) in [5, 5.41) is 6.91. The predicted molar refractivity (Wildman–Crippen MR) is 152 cm³/mol. The summed E-state index contributed by atoms with van der Waals surface area (Å²) in [6.45, 7) is 15.1. The summed E-state index contributed by atoms with van der Waals surface area (Å²) in [5.41, 5.74) is 0. The first kappa shape index (κ1) is 31.6. The van der Waals surface area contributed by atoms with Crippen LogP contribution in [0.25, 0.3) is 0 Å². The standard InChI is InChI=1S/C29H56Ge2O4/c1-7-30(8-2,9-3)28(32)24-14-18-26(19-15-24)34-22-13-23-35-27-20-16-25(17-21-27)29(33)31(10-4,11-5)12-6/h24-27H,7-23H2,1-6H3. The molecule has 0 aromatic rings. The number of carbonyl (C=O) groups is 2. The fourth-order valence-corrected chi connectivity index (χ4v) is 22.5. The van der Waals surface area contributed by atoms with Crippen molar-refractivity contribution >= 4 is 35.8 Å². The van der Waals surface area contributed by atoms with Crippen LogP contribution in [-0.2, 0) is 19.1 Å². The molecule has 0 unspecified atom stereocenters. The van der Waals surface area contributed by atoms with E-state index in [2.05, 4.69) is 41.5 Å². The number of hydrogen-bond donors (Lipinski definition) is 0. The van der Waals surface area contributed by atoms with Gasteiger partial charge in [-0.3, -0.25) is 0 Å². The molecule has 2 fully saturated rings. The van der Waals surface area contributed by atoms with E-state index in [9.17, 15) is 9.59 Å². The first-order chi connectivity index (χ1) is 16.8. The van der Waals surface area contributed by atoms with E-state index in [4.69, 9.17) is 9.47 Å². The zero-order chi connectivity index (χ0) is 25.9. The van der Waals surface area contributed by atoms with Crippen LogP contribution < -0.4 is 0 Å². The molecule has 0 aliphatic heterocycles. The molecule has 2 saturated carbocycles. The molecule has 204 valence electrons. The van der Waals surface area contributed by atoms with Gasteiger partial charge in [0.1, 0.15) is 0 Å². The van der Waals surface area contributed by atoms with Crippen LogP contribution in [0.5, 0.6) is 0 Å². The van der Waals surface area contributed by atoms with Gasteiger partial charge in [-0.15, -0.1) is 0 Å². The topological polar surface area (TPSA) is 52.6 Å². The molecule has 2 aliphatic rings. The van der Waals surface area contributed by atoms with Gasteiger partial charge in [0, 0.05) is 0 Å². The van der Waals surface area contributed by atoms with Crippen LogP contribution in [0.3, 0.4) is 0 Å². The molecule has 2 aliphatic carbocycles. The summed E-state index contributed by atoms with van der Waals surface area (Å²) in [4.78, 5) is 26.5. The Hall–Kier alpha value is 0.346. The van der Waals surface area contributed by atoms with E-state index in [1.165, 1.54) is 0 Å². The van der Waals surface area contributed by atoms with Crippen molar-refractivity contribution in [2.75, 3.05) is 13.2 Å². The SMILES string of the molecule is C[CH2][Ge]([CH2]C)([CH2]C)[C](=O)C1CCC(OCCCOC2CCC([C](=O)[Ge]([CH2]C)([CH2]C)[CH2]C)CC2)CC1. The van der Waals surface area contributed by atoms with Crippen molar-refractivity contribution in [1.82, 2.24) is 0 Å². The fourth-order valence-electron chi connectivity index (χ4n) is 6.95. The summed E-state index contributed by atoms with van der Waals surface area (Å²) in [6, 6.07) is 0. The molecular weight excluding hydrogens is 558 g/mol. The molecule has 6 heteroatoms.